The summed E-state index contributed by atoms with van der Waals surface area (Å²) in [5.74, 6) is -3.31. The van der Waals surface area contributed by atoms with Gasteiger partial charge in [-0.1, -0.05) is 0 Å². The first-order valence-electron chi connectivity index (χ1n) is 9.08. The highest BCUT2D eigenvalue weighted by Gasteiger charge is 2.47. The minimum absolute atomic E-state index is 0.0376. The maximum atomic E-state index is 14.8. The molecule has 0 spiro atoms. The zero-order valence-electron chi connectivity index (χ0n) is 15.2. The average Bonchev–Trinajstić information content (AvgIpc) is 2.96. The lowest BCUT2D eigenvalue weighted by Crippen LogP contribution is -2.47. The lowest BCUT2D eigenvalue weighted by atomic mass is 10.0. The molecule has 2 saturated heterocycles. The Balaban J connectivity index is 1.57. The second-order valence-corrected chi connectivity index (χ2v) is 7.22. The van der Waals surface area contributed by atoms with E-state index in [4.69, 9.17) is 9.47 Å². The smallest absolute Gasteiger partial charge is 0.415 e. The van der Waals surface area contributed by atoms with Gasteiger partial charge in [0.15, 0.2) is 0 Å². The van der Waals surface area contributed by atoms with Crippen molar-refractivity contribution in [2.75, 3.05) is 36.0 Å². The molecule has 3 aliphatic rings. The topological polar surface area (TPSA) is 71.1 Å². The largest absolute Gasteiger partial charge is 0.489 e. The van der Waals surface area contributed by atoms with Crippen LogP contribution in [-0.4, -0.2) is 56.3 Å². The number of hydrogen-bond acceptors (Lipinski definition) is 5. The van der Waals surface area contributed by atoms with Gasteiger partial charge in [-0.3, -0.25) is 9.69 Å². The molecule has 0 unspecified atom stereocenters. The van der Waals surface area contributed by atoms with Crippen molar-refractivity contribution in [1.82, 2.24) is 5.32 Å². The number of ether oxygens (including phenoxy) is 2. The van der Waals surface area contributed by atoms with Crippen LogP contribution in [0.15, 0.2) is 12.1 Å². The van der Waals surface area contributed by atoms with Gasteiger partial charge in [0.25, 0.3) is 5.92 Å². The van der Waals surface area contributed by atoms with Crippen molar-refractivity contribution in [3.8, 4) is 5.75 Å². The number of amides is 2. The minimum Gasteiger partial charge on any atom is -0.489 e. The number of fused-ring (bicyclic) bond motifs is 3. The number of hydrogen-bond donors (Lipinski definition) is 1. The predicted molar refractivity (Wildman–Crippen MR) is 93.5 cm³/mol. The van der Waals surface area contributed by atoms with Gasteiger partial charge in [-0.25, -0.2) is 18.0 Å². The molecule has 2 atom stereocenters. The molecule has 0 aliphatic carbocycles. The molecule has 1 aromatic rings. The molecule has 0 aromatic heterocycles. The van der Waals surface area contributed by atoms with Gasteiger partial charge in [0.05, 0.1) is 17.9 Å². The Morgan fingerprint density at radius 2 is 2.00 bits per heavy atom. The van der Waals surface area contributed by atoms with Crippen LogP contribution in [-0.2, 0) is 9.53 Å². The fraction of sp³-hybridized carbons (Fsp3) is 0.556. The van der Waals surface area contributed by atoms with Crippen LogP contribution in [0.5, 0.6) is 5.75 Å². The van der Waals surface area contributed by atoms with Gasteiger partial charge in [0.2, 0.25) is 5.91 Å². The third-order valence-electron chi connectivity index (χ3n) is 5.30. The molecule has 0 saturated carbocycles. The maximum Gasteiger partial charge on any atom is 0.415 e. The SMILES string of the molecule is CC(=O)NC[C@@H]1OC(=O)N2c3cc(F)c(N4CCC(F)(F)CC4)cc3OC[C@@H]12. The predicted octanol–water partition coefficient (Wildman–Crippen LogP) is 2.28. The van der Waals surface area contributed by atoms with Gasteiger partial charge in [0.1, 0.15) is 30.3 Å². The van der Waals surface area contributed by atoms with Gasteiger partial charge in [-0.05, 0) is 0 Å². The third kappa shape index (κ3) is 3.31. The Kier molecular flexibility index (Phi) is 4.51. The number of anilines is 2. The molecule has 2 amide bonds. The lowest BCUT2D eigenvalue weighted by Gasteiger charge is -2.35. The number of nitrogens with zero attached hydrogens (tertiary/aromatic N) is 2. The minimum atomic E-state index is -2.73. The number of nitrogens with one attached hydrogen (secondary N) is 1. The Bertz CT molecular complexity index is 810. The first-order valence-corrected chi connectivity index (χ1v) is 9.08. The van der Waals surface area contributed by atoms with Gasteiger partial charge in [-0.2, -0.15) is 0 Å². The van der Waals surface area contributed by atoms with E-state index in [0.29, 0.717) is 5.75 Å². The van der Waals surface area contributed by atoms with Crippen LogP contribution in [0, 0.1) is 5.82 Å². The molecule has 0 bridgehead atoms. The van der Waals surface area contributed by atoms with Crippen molar-refractivity contribution in [1.29, 1.82) is 0 Å². The van der Waals surface area contributed by atoms with Gasteiger partial charge >= 0.3 is 6.09 Å². The summed E-state index contributed by atoms with van der Waals surface area (Å²) in [5.41, 5.74) is 0.408. The number of rotatable bonds is 3. The first kappa shape index (κ1) is 18.7. The van der Waals surface area contributed by atoms with E-state index in [9.17, 15) is 22.8 Å². The average molecular weight is 399 g/mol. The van der Waals surface area contributed by atoms with E-state index in [0.717, 1.165) is 0 Å². The van der Waals surface area contributed by atoms with Crippen LogP contribution in [0.4, 0.5) is 29.3 Å². The summed E-state index contributed by atoms with van der Waals surface area (Å²) in [5, 5.41) is 2.59. The Morgan fingerprint density at radius 1 is 1.29 bits per heavy atom. The summed E-state index contributed by atoms with van der Waals surface area (Å²) in [4.78, 5) is 26.3. The summed E-state index contributed by atoms with van der Waals surface area (Å²) >= 11 is 0. The van der Waals surface area contributed by atoms with E-state index in [1.165, 1.54) is 24.0 Å². The molecular formula is C18H20F3N3O4. The number of alkyl halides is 2. The van der Waals surface area contributed by atoms with Gasteiger partial charge in [-0.15, -0.1) is 0 Å². The van der Waals surface area contributed by atoms with Crippen LogP contribution in [0.1, 0.15) is 19.8 Å². The highest BCUT2D eigenvalue weighted by molar-refractivity contribution is 5.94. The van der Waals surface area contributed by atoms with Gasteiger partial charge in [0, 0.05) is 45.0 Å². The van der Waals surface area contributed by atoms with E-state index in [1.54, 1.807) is 4.90 Å². The van der Waals surface area contributed by atoms with Crippen molar-refractivity contribution in [3.63, 3.8) is 0 Å². The molecule has 1 aromatic carbocycles. The Hall–Kier alpha value is -2.65. The number of halogens is 3. The monoisotopic (exact) mass is 399 g/mol. The third-order valence-corrected chi connectivity index (χ3v) is 5.30. The van der Waals surface area contributed by atoms with Crippen molar-refractivity contribution in [2.24, 2.45) is 0 Å². The number of piperidine rings is 1. The lowest BCUT2D eigenvalue weighted by molar-refractivity contribution is -0.119. The molecule has 10 heteroatoms. The molecule has 3 aliphatic heterocycles. The standard InChI is InChI=1S/C18H20F3N3O4/c1-10(25)22-8-16-14-9-27-15-7-12(23-4-2-18(20,21)3-5-23)11(19)6-13(15)24(14)17(26)28-16/h6-7,14,16H,2-5,8-9H2,1H3,(H,22,25)/t14-,16-/m0/s1. The van der Waals surface area contributed by atoms with Crippen molar-refractivity contribution in [3.05, 3.63) is 17.9 Å². The van der Waals surface area contributed by atoms with Crippen LogP contribution in [0.3, 0.4) is 0 Å². The first-order chi connectivity index (χ1) is 13.2. The Morgan fingerprint density at radius 3 is 2.68 bits per heavy atom. The summed E-state index contributed by atoms with van der Waals surface area (Å²) in [6.45, 7) is 1.68. The van der Waals surface area contributed by atoms with E-state index < -0.39 is 30.0 Å². The highest BCUT2D eigenvalue weighted by Crippen LogP contribution is 2.43. The number of carbonyl (C=O) groups excluding carboxylic acids is 2. The fourth-order valence-corrected chi connectivity index (χ4v) is 3.78. The Labute approximate surface area is 159 Å². The fourth-order valence-electron chi connectivity index (χ4n) is 3.78. The zero-order chi connectivity index (χ0) is 20.1. The van der Waals surface area contributed by atoms with Crippen LogP contribution >= 0.6 is 0 Å². The molecule has 7 nitrogen and oxygen atoms in total. The molecule has 152 valence electrons. The second kappa shape index (κ2) is 6.75. The van der Waals surface area contributed by atoms with E-state index in [2.05, 4.69) is 5.32 Å². The molecule has 0 radical (unpaired) electrons. The number of benzene rings is 1. The van der Waals surface area contributed by atoms with Crippen molar-refractivity contribution in [2.45, 2.75) is 37.8 Å². The molecule has 1 N–H and O–H groups in total. The summed E-state index contributed by atoms with van der Waals surface area (Å²) in [6, 6.07) is 2.12. The van der Waals surface area contributed by atoms with Crippen LogP contribution in [0.25, 0.3) is 0 Å². The summed E-state index contributed by atoms with van der Waals surface area (Å²) < 4.78 is 52.5. The van der Waals surface area contributed by atoms with E-state index in [-0.39, 0.29) is 56.4 Å². The van der Waals surface area contributed by atoms with Crippen molar-refractivity contribution < 1.29 is 32.2 Å². The number of cyclic esters (lactones) is 1. The van der Waals surface area contributed by atoms with Crippen LogP contribution in [0.2, 0.25) is 0 Å². The normalized spacial score (nSPS) is 25.5. The zero-order valence-corrected chi connectivity index (χ0v) is 15.2. The molecule has 3 heterocycles. The van der Waals surface area contributed by atoms with E-state index in [1.807, 2.05) is 0 Å². The summed E-state index contributed by atoms with van der Waals surface area (Å²) in [7, 11) is 0. The quantitative estimate of drug-likeness (QED) is 0.845. The summed E-state index contributed by atoms with van der Waals surface area (Å²) in [6.07, 6.45) is -1.93. The highest BCUT2D eigenvalue weighted by atomic mass is 19.3. The maximum absolute atomic E-state index is 14.8. The van der Waals surface area contributed by atoms with Gasteiger partial charge < -0.3 is 19.7 Å². The molecule has 2 fully saturated rings. The number of carbonyl (C=O) groups is 2. The molecular weight excluding hydrogens is 379 g/mol. The second-order valence-electron chi connectivity index (χ2n) is 7.22. The molecule has 4 rings (SSSR count). The molecule has 28 heavy (non-hydrogen) atoms. The van der Waals surface area contributed by atoms with E-state index >= 15 is 0 Å². The van der Waals surface area contributed by atoms with Crippen molar-refractivity contribution >= 4 is 23.4 Å². The van der Waals surface area contributed by atoms with Crippen LogP contribution < -0.4 is 19.9 Å².